The van der Waals surface area contributed by atoms with Gasteiger partial charge in [0.2, 0.25) is 0 Å². The average Bonchev–Trinajstić information content (AvgIpc) is 2.39. The van der Waals surface area contributed by atoms with Gasteiger partial charge in [0.1, 0.15) is 0 Å². The van der Waals surface area contributed by atoms with Crippen LogP contribution in [0.3, 0.4) is 0 Å². The predicted octanol–water partition coefficient (Wildman–Crippen LogP) is -3.62. The smallest absolute Gasteiger partial charge is 0.548 e. The summed E-state index contributed by atoms with van der Waals surface area (Å²) in [7, 11) is 0. The molecule has 0 aromatic heterocycles. The maximum absolute atomic E-state index is 10.0. The Hall–Kier alpha value is -0.701. The van der Waals surface area contributed by atoms with Gasteiger partial charge in [0.25, 0.3) is 0 Å². The molecule has 0 heterocycles. The summed E-state index contributed by atoms with van der Waals surface area (Å²) in [5, 5.41) is 20.1. The van der Waals surface area contributed by atoms with Crippen LogP contribution in [0.15, 0.2) is 0 Å². The monoisotopic (exact) mass is 353 g/mol. The van der Waals surface area contributed by atoms with Crippen LogP contribution < -0.4 is 33.1 Å². The number of unbranched alkanes of at least 4 members (excludes halogenated alkanes) is 2. The molecule has 129 valence electrons. The molecule has 0 spiro atoms. The fourth-order valence-electron chi connectivity index (χ4n) is 1.25. The fourth-order valence-corrected chi connectivity index (χ4v) is 1.25. The molecular formula is C12H26CuN4O4. The van der Waals surface area contributed by atoms with E-state index in [4.69, 9.17) is 22.9 Å². The Kier molecular flexibility index (Phi) is 20.9. The quantitative estimate of drug-likeness (QED) is 0.229. The van der Waals surface area contributed by atoms with Crippen LogP contribution in [0.2, 0.25) is 0 Å². The molecule has 9 heteroatoms. The van der Waals surface area contributed by atoms with Crippen LogP contribution in [0.5, 0.6) is 0 Å². The molecule has 0 amide bonds. The summed E-state index contributed by atoms with van der Waals surface area (Å²) >= 11 is 0. The topological polar surface area (TPSA) is 184 Å². The second-order valence-electron chi connectivity index (χ2n) is 4.42. The van der Waals surface area contributed by atoms with Gasteiger partial charge in [-0.2, -0.15) is 0 Å². The van der Waals surface area contributed by atoms with Crippen molar-refractivity contribution in [1.29, 1.82) is 0 Å². The normalized spacial score (nSPS) is 12.4. The van der Waals surface area contributed by atoms with Crippen molar-refractivity contribution >= 4 is 11.9 Å². The van der Waals surface area contributed by atoms with E-state index in [-0.39, 0.29) is 17.1 Å². The molecule has 1 radical (unpaired) electrons. The summed E-state index contributed by atoms with van der Waals surface area (Å²) < 4.78 is 0. The van der Waals surface area contributed by atoms with Crippen molar-refractivity contribution in [1.82, 2.24) is 0 Å². The average molecular weight is 354 g/mol. The fraction of sp³-hybridized carbons (Fsp3) is 0.833. The first-order valence-corrected chi connectivity index (χ1v) is 6.69. The van der Waals surface area contributed by atoms with Crippen LogP contribution in [-0.4, -0.2) is 37.1 Å². The molecular weight excluding hydrogens is 328 g/mol. The van der Waals surface area contributed by atoms with Gasteiger partial charge in [0.05, 0.1) is 11.9 Å². The number of hydrogen-bond acceptors (Lipinski definition) is 8. The van der Waals surface area contributed by atoms with Crippen LogP contribution in [0.25, 0.3) is 0 Å². The van der Waals surface area contributed by atoms with E-state index in [0.717, 1.165) is 25.7 Å². The molecule has 0 unspecified atom stereocenters. The third kappa shape index (κ3) is 19.3. The van der Waals surface area contributed by atoms with E-state index in [2.05, 4.69) is 0 Å². The Bertz CT molecular complexity index is 244. The van der Waals surface area contributed by atoms with E-state index >= 15 is 0 Å². The predicted molar refractivity (Wildman–Crippen MR) is 71.8 cm³/mol. The first-order valence-electron chi connectivity index (χ1n) is 6.69. The molecule has 0 aliphatic heterocycles. The molecule has 0 rings (SSSR count). The zero-order valence-electron chi connectivity index (χ0n) is 12.1. The van der Waals surface area contributed by atoms with E-state index in [0.29, 0.717) is 25.9 Å². The van der Waals surface area contributed by atoms with Crippen LogP contribution in [0.4, 0.5) is 0 Å². The van der Waals surface area contributed by atoms with Crippen molar-refractivity contribution in [2.24, 2.45) is 22.9 Å². The molecule has 21 heavy (non-hydrogen) atoms. The van der Waals surface area contributed by atoms with Crippen LogP contribution in [-0.2, 0) is 26.7 Å². The molecule has 0 saturated carbocycles. The Balaban J connectivity index is -0.000000295. The second-order valence-corrected chi connectivity index (χ2v) is 4.42. The van der Waals surface area contributed by atoms with E-state index in [9.17, 15) is 19.8 Å². The number of aliphatic carboxylic acids is 2. The molecule has 0 aromatic carbocycles. The Morgan fingerprint density at radius 1 is 0.762 bits per heavy atom. The molecule has 0 saturated heterocycles. The summed E-state index contributed by atoms with van der Waals surface area (Å²) in [6, 6.07) is -1.65. The van der Waals surface area contributed by atoms with E-state index in [1.807, 2.05) is 0 Å². The molecule has 0 aromatic rings. The Morgan fingerprint density at radius 3 is 1.24 bits per heavy atom. The second kappa shape index (κ2) is 17.4. The van der Waals surface area contributed by atoms with Gasteiger partial charge in [-0.1, -0.05) is 12.8 Å². The third-order valence-corrected chi connectivity index (χ3v) is 2.54. The largest absolute Gasteiger partial charge is 2.00 e. The van der Waals surface area contributed by atoms with Gasteiger partial charge in [-0.25, -0.2) is 0 Å². The van der Waals surface area contributed by atoms with Crippen molar-refractivity contribution in [3.8, 4) is 0 Å². The third-order valence-electron chi connectivity index (χ3n) is 2.54. The summed E-state index contributed by atoms with van der Waals surface area (Å²) in [4.78, 5) is 20.1. The molecule has 0 aliphatic carbocycles. The Labute approximate surface area is 136 Å². The van der Waals surface area contributed by atoms with E-state index < -0.39 is 24.0 Å². The maximum atomic E-state index is 10.0. The maximum Gasteiger partial charge on any atom is 2.00 e. The molecule has 8 nitrogen and oxygen atoms in total. The van der Waals surface area contributed by atoms with E-state index in [1.165, 1.54) is 0 Å². The number of carbonyl (C=O) groups is 2. The van der Waals surface area contributed by atoms with Crippen molar-refractivity contribution in [2.45, 2.75) is 50.6 Å². The van der Waals surface area contributed by atoms with Gasteiger partial charge in [0.15, 0.2) is 0 Å². The summed E-state index contributed by atoms with van der Waals surface area (Å²) in [5.74, 6) is -2.37. The Morgan fingerprint density at radius 2 is 1.05 bits per heavy atom. The summed E-state index contributed by atoms with van der Waals surface area (Å²) in [6.07, 6.45) is 4.07. The van der Waals surface area contributed by atoms with Crippen molar-refractivity contribution in [2.75, 3.05) is 13.1 Å². The number of carbonyl (C=O) groups excluding carboxylic acids is 2. The minimum atomic E-state index is -1.18. The number of rotatable bonds is 10. The zero-order chi connectivity index (χ0) is 16.0. The van der Waals surface area contributed by atoms with Crippen molar-refractivity contribution in [3.63, 3.8) is 0 Å². The minimum Gasteiger partial charge on any atom is -0.548 e. The van der Waals surface area contributed by atoms with Gasteiger partial charge < -0.3 is 42.7 Å². The van der Waals surface area contributed by atoms with Gasteiger partial charge in [-0.3, -0.25) is 0 Å². The SMILES string of the molecule is NCCCC[C@H](N)C(=O)[O-].NCCCC[C@H](N)C(=O)[O-].[Cu+2]. The first-order chi connectivity index (χ1) is 9.36. The first kappa shape index (κ1) is 25.3. The van der Waals surface area contributed by atoms with Gasteiger partial charge >= 0.3 is 17.1 Å². The standard InChI is InChI=1S/2C6H14N2O2.Cu/c2*7-4-2-1-3-5(8)6(9)10;/h2*5H,1-4,7-8H2,(H,9,10);/q;;+2/p-2/t2*5-;/m00./s1. The van der Waals surface area contributed by atoms with Gasteiger partial charge in [0, 0.05) is 12.1 Å². The van der Waals surface area contributed by atoms with Crippen LogP contribution in [0, 0.1) is 0 Å². The van der Waals surface area contributed by atoms with Crippen molar-refractivity contribution < 1.29 is 36.9 Å². The van der Waals surface area contributed by atoms with Gasteiger partial charge in [-0.05, 0) is 38.8 Å². The summed E-state index contributed by atoms with van der Waals surface area (Å²) in [6.45, 7) is 1.17. The molecule has 2 atom stereocenters. The molecule has 0 aliphatic rings. The number of hydrogen-bond donors (Lipinski definition) is 4. The van der Waals surface area contributed by atoms with Crippen LogP contribution in [0.1, 0.15) is 38.5 Å². The minimum absolute atomic E-state index is 0. The van der Waals surface area contributed by atoms with Crippen molar-refractivity contribution in [3.05, 3.63) is 0 Å². The molecule has 0 bridgehead atoms. The number of carboxylic acids is 2. The number of carboxylic acid groups (broad SMARTS) is 2. The van der Waals surface area contributed by atoms with Gasteiger partial charge in [-0.15, -0.1) is 0 Å². The zero-order valence-corrected chi connectivity index (χ0v) is 13.0. The van der Waals surface area contributed by atoms with Crippen LogP contribution >= 0.6 is 0 Å². The number of nitrogens with two attached hydrogens (primary N) is 4. The molecule has 8 N–H and O–H groups in total. The van der Waals surface area contributed by atoms with E-state index in [1.54, 1.807) is 0 Å². The summed E-state index contributed by atoms with van der Waals surface area (Å²) in [5.41, 5.74) is 20.7. The molecule has 0 fully saturated rings.